The number of hydrogen-bond acceptors (Lipinski definition) is 5. The maximum atomic E-state index is 12.6. The van der Waals surface area contributed by atoms with Gasteiger partial charge < -0.3 is 5.32 Å². The highest BCUT2D eigenvalue weighted by Crippen LogP contribution is 2.32. The van der Waals surface area contributed by atoms with Gasteiger partial charge in [-0.3, -0.25) is 9.69 Å². The van der Waals surface area contributed by atoms with Gasteiger partial charge in [0.15, 0.2) is 5.78 Å². The Bertz CT molecular complexity index is 1020. The van der Waals surface area contributed by atoms with E-state index in [0.717, 1.165) is 23.9 Å². The van der Waals surface area contributed by atoms with E-state index in [0.29, 0.717) is 17.1 Å². The van der Waals surface area contributed by atoms with E-state index in [-0.39, 0.29) is 23.3 Å². The molecule has 0 amide bonds. The predicted molar refractivity (Wildman–Crippen MR) is 108 cm³/mol. The molecule has 2 aliphatic heterocycles. The minimum Gasteiger partial charge on any atom is -0.341 e. The highest BCUT2D eigenvalue weighted by atomic mass is 79.9. The summed E-state index contributed by atoms with van der Waals surface area (Å²) >= 11 is 3.37. The van der Waals surface area contributed by atoms with Gasteiger partial charge in [-0.25, -0.2) is 0 Å². The van der Waals surface area contributed by atoms with E-state index in [1.807, 2.05) is 23.1 Å². The molecular weight excluding hydrogens is 430 g/mol. The van der Waals surface area contributed by atoms with E-state index in [4.69, 9.17) is 0 Å². The molecule has 0 spiro atoms. The van der Waals surface area contributed by atoms with Gasteiger partial charge in [-0.15, -0.1) is 4.40 Å². The number of sulfonamides is 1. The monoisotopic (exact) mass is 447 g/mol. The molecule has 2 aromatic rings. The quantitative estimate of drug-likeness (QED) is 0.727. The van der Waals surface area contributed by atoms with Gasteiger partial charge in [0.05, 0.1) is 18.3 Å². The van der Waals surface area contributed by atoms with Gasteiger partial charge in [0.25, 0.3) is 10.0 Å². The molecule has 2 aliphatic rings. The van der Waals surface area contributed by atoms with E-state index in [2.05, 4.69) is 25.6 Å². The first-order chi connectivity index (χ1) is 12.9. The summed E-state index contributed by atoms with van der Waals surface area (Å²) in [4.78, 5) is 14.7. The molecule has 0 radical (unpaired) electrons. The first kappa shape index (κ1) is 18.3. The summed E-state index contributed by atoms with van der Waals surface area (Å²) in [7, 11) is -3.76. The summed E-state index contributed by atoms with van der Waals surface area (Å²) in [6, 6.07) is 13.9. The van der Waals surface area contributed by atoms with Crippen LogP contribution >= 0.6 is 15.9 Å². The molecule has 140 valence electrons. The molecule has 1 atom stereocenters. The summed E-state index contributed by atoms with van der Waals surface area (Å²) in [5.74, 6) is 0.406. The molecule has 0 bridgehead atoms. The molecule has 1 N–H and O–H groups in total. The lowest BCUT2D eigenvalue weighted by molar-refractivity contribution is 0.0936. The molecular formula is C19H18BrN3O3S. The topological polar surface area (TPSA) is 78.8 Å². The van der Waals surface area contributed by atoms with E-state index in [9.17, 15) is 13.2 Å². The Labute approximate surface area is 166 Å². The number of anilines is 1. The van der Waals surface area contributed by atoms with E-state index >= 15 is 0 Å². The van der Waals surface area contributed by atoms with Gasteiger partial charge in [-0.2, -0.15) is 8.42 Å². The Balaban J connectivity index is 1.59. The largest absolute Gasteiger partial charge is 0.341 e. The highest BCUT2D eigenvalue weighted by molar-refractivity contribution is 9.10. The maximum absolute atomic E-state index is 12.6. The second kappa shape index (κ2) is 7.18. The number of carbonyl (C=O) groups excluding carboxylic acids is 1. The standard InChI is InChI=1S/C19H18BrN3O3S/c20-14-8-9-18-15(11-14)21-19(22-27(18,25)26)16-7-4-10-23(16)12-17(24)13-5-2-1-3-6-13/h1-3,5-6,8-9,11,16H,4,7,10,12H2,(H,21,22)/t16-/m0/s1. The number of amidine groups is 1. The van der Waals surface area contributed by atoms with Crippen LogP contribution in [-0.2, 0) is 10.0 Å². The molecule has 27 heavy (non-hydrogen) atoms. The third-order valence-electron chi connectivity index (χ3n) is 4.82. The van der Waals surface area contributed by atoms with Crippen molar-refractivity contribution >= 4 is 43.3 Å². The Kier molecular flexibility index (Phi) is 4.88. The number of likely N-dealkylation sites (tertiary alicyclic amines) is 1. The van der Waals surface area contributed by atoms with Crippen LogP contribution in [0.3, 0.4) is 0 Å². The molecule has 2 aromatic carbocycles. The van der Waals surface area contributed by atoms with Crippen molar-refractivity contribution in [2.75, 3.05) is 18.4 Å². The molecule has 0 aromatic heterocycles. The number of ketones is 1. The Morgan fingerprint density at radius 3 is 2.78 bits per heavy atom. The van der Waals surface area contributed by atoms with Crippen molar-refractivity contribution in [3.8, 4) is 0 Å². The molecule has 8 heteroatoms. The summed E-state index contributed by atoms with van der Waals surface area (Å²) in [5.41, 5.74) is 1.17. The van der Waals surface area contributed by atoms with Crippen molar-refractivity contribution in [1.82, 2.24) is 4.90 Å². The fraction of sp³-hybridized carbons (Fsp3) is 0.263. The minimum absolute atomic E-state index is 0.0184. The number of nitrogens with one attached hydrogen (secondary N) is 1. The van der Waals surface area contributed by atoms with Crippen LogP contribution in [0.1, 0.15) is 23.2 Å². The Morgan fingerprint density at radius 2 is 2.00 bits per heavy atom. The first-order valence-corrected chi connectivity index (χ1v) is 10.9. The average molecular weight is 448 g/mol. The van der Waals surface area contributed by atoms with Crippen molar-refractivity contribution in [3.63, 3.8) is 0 Å². The highest BCUT2D eigenvalue weighted by Gasteiger charge is 2.35. The third kappa shape index (κ3) is 3.69. The molecule has 6 nitrogen and oxygen atoms in total. The lowest BCUT2D eigenvalue weighted by Gasteiger charge is -2.28. The smallest absolute Gasteiger partial charge is 0.286 e. The molecule has 2 heterocycles. The third-order valence-corrected chi connectivity index (χ3v) is 6.66. The average Bonchev–Trinajstić information content (AvgIpc) is 3.09. The SMILES string of the molecule is O=C(CN1CCC[C@H]1C1=NS(=O)(=O)c2ccc(Br)cc2N1)c1ccccc1. The first-order valence-electron chi connectivity index (χ1n) is 8.68. The number of halogens is 1. The number of fused-ring (bicyclic) bond motifs is 1. The van der Waals surface area contributed by atoms with Crippen LogP contribution in [0.2, 0.25) is 0 Å². The van der Waals surface area contributed by atoms with Crippen LogP contribution in [0.25, 0.3) is 0 Å². The Morgan fingerprint density at radius 1 is 1.22 bits per heavy atom. The second-order valence-corrected chi connectivity index (χ2v) is 9.12. The minimum atomic E-state index is -3.76. The van der Waals surface area contributed by atoms with Gasteiger partial charge in [0.1, 0.15) is 10.7 Å². The van der Waals surface area contributed by atoms with Crippen molar-refractivity contribution in [1.29, 1.82) is 0 Å². The number of hydrogen-bond donors (Lipinski definition) is 1. The van der Waals surface area contributed by atoms with Gasteiger partial charge in [-0.1, -0.05) is 46.3 Å². The summed E-state index contributed by atoms with van der Waals surface area (Å²) in [6.07, 6.45) is 1.64. The van der Waals surface area contributed by atoms with E-state index in [1.165, 1.54) is 6.07 Å². The fourth-order valence-electron chi connectivity index (χ4n) is 3.53. The summed E-state index contributed by atoms with van der Waals surface area (Å²) < 4.78 is 29.9. The molecule has 0 unspecified atom stereocenters. The molecule has 0 saturated carbocycles. The molecule has 1 saturated heterocycles. The second-order valence-electron chi connectivity index (χ2n) is 6.63. The molecule has 0 aliphatic carbocycles. The lowest BCUT2D eigenvalue weighted by Crippen LogP contribution is -2.43. The van der Waals surface area contributed by atoms with Crippen LogP contribution < -0.4 is 5.32 Å². The fourth-order valence-corrected chi connectivity index (χ4v) is 5.05. The molecule has 1 fully saturated rings. The van der Waals surface area contributed by atoms with E-state index < -0.39 is 10.0 Å². The zero-order chi connectivity index (χ0) is 19.0. The number of Topliss-reactive ketones (excluding diaryl/α,β-unsaturated/α-hetero) is 1. The van der Waals surface area contributed by atoms with Crippen LogP contribution in [0, 0.1) is 0 Å². The molecule has 4 rings (SSSR count). The van der Waals surface area contributed by atoms with Gasteiger partial charge >= 0.3 is 0 Å². The maximum Gasteiger partial charge on any atom is 0.286 e. The summed E-state index contributed by atoms with van der Waals surface area (Å²) in [6.45, 7) is 0.968. The van der Waals surface area contributed by atoms with Crippen LogP contribution in [0.15, 0.2) is 62.3 Å². The van der Waals surface area contributed by atoms with Crippen LogP contribution in [-0.4, -0.2) is 44.1 Å². The Hall–Kier alpha value is -2.03. The van der Waals surface area contributed by atoms with Crippen molar-refractivity contribution in [2.24, 2.45) is 4.40 Å². The number of nitrogens with zero attached hydrogens (tertiary/aromatic N) is 2. The van der Waals surface area contributed by atoms with Crippen molar-refractivity contribution in [3.05, 3.63) is 58.6 Å². The van der Waals surface area contributed by atoms with Crippen molar-refractivity contribution < 1.29 is 13.2 Å². The van der Waals surface area contributed by atoms with E-state index in [1.54, 1.807) is 24.3 Å². The number of rotatable bonds is 4. The zero-order valence-electron chi connectivity index (χ0n) is 14.4. The lowest BCUT2D eigenvalue weighted by atomic mass is 10.1. The number of benzene rings is 2. The van der Waals surface area contributed by atoms with Gasteiger partial charge in [0.2, 0.25) is 0 Å². The zero-order valence-corrected chi connectivity index (χ0v) is 16.8. The normalized spacial score (nSPS) is 21.2. The van der Waals surface area contributed by atoms with Crippen molar-refractivity contribution in [2.45, 2.75) is 23.8 Å². The predicted octanol–water partition coefficient (Wildman–Crippen LogP) is 3.31. The summed E-state index contributed by atoms with van der Waals surface area (Å²) in [5, 5.41) is 3.17. The van der Waals surface area contributed by atoms with Crippen LogP contribution in [0.5, 0.6) is 0 Å². The number of carbonyl (C=O) groups is 1. The van der Waals surface area contributed by atoms with Gasteiger partial charge in [0, 0.05) is 10.0 Å². The van der Waals surface area contributed by atoms with Crippen LogP contribution in [0.4, 0.5) is 5.69 Å². The van der Waals surface area contributed by atoms with Gasteiger partial charge in [-0.05, 0) is 37.6 Å².